The van der Waals surface area contributed by atoms with E-state index in [1.165, 1.54) is 12.1 Å². The van der Waals surface area contributed by atoms with Crippen LogP contribution in [-0.2, 0) is 0 Å². The molecule has 14 heavy (non-hydrogen) atoms. The van der Waals surface area contributed by atoms with Crippen molar-refractivity contribution < 1.29 is 4.39 Å². The molecule has 2 nitrogen and oxygen atoms in total. The van der Waals surface area contributed by atoms with E-state index in [0.29, 0.717) is 13.0 Å². The molecule has 0 amide bonds. The highest BCUT2D eigenvalue weighted by Crippen LogP contribution is 2.30. The maximum atomic E-state index is 13.5. The summed E-state index contributed by atoms with van der Waals surface area (Å²) in [6.45, 7) is 0.378. The first-order valence-electron chi connectivity index (χ1n) is 4.17. The van der Waals surface area contributed by atoms with Gasteiger partial charge in [-0.3, -0.25) is 0 Å². The minimum Gasteiger partial charge on any atom is -0.330 e. The lowest BCUT2D eigenvalue weighted by Crippen LogP contribution is -2.17. The number of benzene rings is 1. The van der Waals surface area contributed by atoms with Crippen molar-refractivity contribution in [2.45, 2.75) is 12.5 Å². The molecule has 0 aliphatic heterocycles. The highest BCUT2D eigenvalue weighted by molar-refractivity contribution is 6.33. The lowest BCUT2D eigenvalue weighted by atomic mass is 10.0. The van der Waals surface area contributed by atoms with E-state index in [-0.39, 0.29) is 15.6 Å². The number of hydrogen-bond donors (Lipinski definition) is 2. The summed E-state index contributed by atoms with van der Waals surface area (Å²) >= 11 is 11.4. The van der Waals surface area contributed by atoms with E-state index in [2.05, 4.69) is 0 Å². The molecule has 0 heterocycles. The Labute approximate surface area is 92.0 Å². The van der Waals surface area contributed by atoms with Crippen molar-refractivity contribution in [3.8, 4) is 0 Å². The molecule has 1 aromatic rings. The maximum absolute atomic E-state index is 13.5. The fourth-order valence-electron chi connectivity index (χ4n) is 1.21. The smallest absolute Gasteiger partial charge is 0.148 e. The molecule has 0 aromatic heterocycles. The predicted octanol–water partition coefficient (Wildman–Crippen LogP) is 2.48. The lowest BCUT2D eigenvalue weighted by Gasteiger charge is -2.14. The van der Waals surface area contributed by atoms with Crippen molar-refractivity contribution >= 4 is 23.2 Å². The topological polar surface area (TPSA) is 52.0 Å². The zero-order valence-electron chi connectivity index (χ0n) is 7.43. The lowest BCUT2D eigenvalue weighted by molar-refractivity contribution is 0.568. The molecule has 4 N–H and O–H groups in total. The van der Waals surface area contributed by atoms with Crippen LogP contribution in [0.1, 0.15) is 18.0 Å². The Balaban J connectivity index is 3.11. The van der Waals surface area contributed by atoms with E-state index in [1.54, 1.807) is 0 Å². The molecule has 0 aliphatic rings. The summed E-state index contributed by atoms with van der Waals surface area (Å²) in [6.07, 6.45) is 0.469. The Hall–Kier alpha value is -0.350. The maximum Gasteiger partial charge on any atom is 0.148 e. The Bertz CT molecular complexity index is 331. The zero-order chi connectivity index (χ0) is 10.7. The largest absolute Gasteiger partial charge is 0.330 e. The van der Waals surface area contributed by atoms with Crippen LogP contribution >= 0.6 is 23.2 Å². The van der Waals surface area contributed by atoms with Crippen molar-refractivity contribution in [2.75, 3.05) is 6.54 Å². The summed E-state index contributed by atoms with van der Waals surface area (Å²) in [7, 11) is 0. The molecule has 1 aromatic carbocycles. The van der Waals surface area contributed by atoms with Gasteiger partial charge in [0.15, 0.2) is 0 Å². The Morgan fingerprint density at radius 3 is 2.43 bits per heavy atom. The Morgan fingerprint density at radius 1 is 1.29 bits per heavy atom. The second kappa shape index (κ2) is 4.94. The van der Waals surface area contributed by atoms with Crippen LogP contribution in [0.15, 0.2) is 12.1 Å². The highest BCUT2D eigenvalue weighted by Gasteiger charge is 2.17. The third-order valence-corrected chi connectivity index (χ3v) is 2.55. The number of halogens is 3. The van der Waals surface area contributed by atoms with Crippen molar-refractivity contribution in [1.82, 2.24) is 0 Å². The first-order valence-corrected chi connectivity index (χ1v) is 4.92. The Morgan fingerprint density at radius 2 is 1.86 bits per heavy atom. The number of nitrogens with two attached hydrogens (primary N) is 2. The molecule has 1 atom stereocenters. The summed E-state index contributed by atoms with van der Waals surface area (Å²) in [6, 6.07) is 2.42. The molecule has 0 saturated carbocycles. The molecule has 0 fully saturated rings. The van der Waals surface area contributed by atoms with Crippen molar-refractivity contribution in [1.29, 1.82) is 0 Å². The first-order chi connectivity index (χ1) is 6.57. The van der Waals surface area contributed by atoms with E-state index in [9.17, 15) is 4.39 Å². The van der Waals surface area contributed by atoms with Gasteiger partial charge in [-0.05, 0) is 25.1 Å². The van der Waals surface area contributed by atoms with Gasteiger partial charge in [0.25, 0.3) is 0 Å². The van der Waals surface area contributed by atoms with Gasteiger partial charge in [0.2, 0.25) is 0 Å². The summed E-state index contributed by atoms with van der Waals surface area (Å²) in [5, 5.41) is 0.310. The molecule has 0 spiro atoms. The van der Waals surface area contributed by atoms with Crippen LogP contribution in [0.3, 0.4) is 0 Å². The molecule has 0 unspecified atom stereocenters. The second-order valence-corrected chi connectivity index (χ2v) is 3.76. The summed E-state index contributed by atoms with van der Waals surface area (Å²) in [5.41, 5.74) is 11.3. The number of rotatable bonds is 3. The van der Waals surface area contributed by atoms with Crippen LogP contribution in [0, 0.1) is 5.82 Å². The SMILES string of the molecule is NCC[C@@H](N)c1c(Cl)ccc(Cl)c1F. The van der Waals surface area contributed by atoms with Crippen molar-refractivity contribution in [2.24, 2.45) is 11.5 Å². The molecule has 78 valence electrons. The van der Waals surface area contributed by atoms with Gasteiger partial charge in [0.05, 0.1) is 5.02 Å². The standard InChI is InChI=1S/C9H11Cl2FN2/c10-5-1-2-6(11)9(12)8(5)7(14)3-4-13/h1-2,7H,3-4,13-14H2/t7-/m1/s1. The molecule has 0 saturated heterocycles. The third kappa shape index (κ3) is 2.36. The van der Waals surface area contributed by atoms with Crippen LogP contribution < -0.4 is 11.5 Å². The van der Waals surface area contributed by atoms with Gasteiger partial charge in [0, 0.05) is 16.6 Å². The van der Waals surface area contributed by atoms with E-state index in [0.717, 1.165) is 0 Å². The fourth-order valence-corrected chi connectivity index (χ4v) is 1.66. The van der Waals surface area contributed by atoms with Gasteiger partial charge in [-0.1, -0.05) is 23.2 Å². The molecule has 5 heteroatoms. The van der Waals surface area contributed by atoms with Crippen molar-refractivity contribution in [3.05, 3.63) is 33.6 Å². The fraction of sp³-hybridized carbons (Fsp3) is 0.333. The quantitative estimate of drug-likeness (QED) is 0.793. The normalized spacial score (nSPS) is 12.9. The number of hydrogen-bond acceptors (Lipinski definition) is 2. The van der Waals surface area contributed by atoms with Crippen LogP contribution in [0.25, 0.3) is 0 Å². The van der Waals surface area contributed by atoms with Gasteiger partial charge in [-0.15, -0.1) is 0 Å². The van der Waals surface area contributed by atoms with E-state index < -0.39 is 11.9 Å². The molecule has 1 rings (SSSR count). The van der Waals surface area contributed by atoms with Crippen LogP contribution in [0.2, 0.25) is 10.0 Å². The average molecular weight is 237 g/mol. The summed E-state index contributed by atoms with van der Waals surface area (Å²) in [4.78, 5) is 0. The van der Waals surface area contributed by atoms with E-state index >= 15 is 0 Å². The van der Waals surface area contributed by atoms with E-state index in [4.69, 9.17) is 34.7 Å². The molecule has 0 radical (unpaired) electrons. The van der Waals surface area contributed by atoms with Gasteiger partial charge in [-0.2, -0.15) is 0 Å². The zero-order valence-corrected chi connectivity index (χ0v) is 8.95. The second-order valence-electron chi connectivity index (χ2n) is 2.94. The summed E-state index contributed by atoms with van der Waals surface area (Å²) < 4.78 is 13.5. The van der Waals surface area contributed by atoms with Crippen LogP contribution in [0.5, 0.6) is 0 Å². The monoisotopic (exact) mass is 236 g/mol. The minimum absolute atomic E-state index is 0.0249. The Kier molecular flexibility index (Phi) is 4.13. The van der Waals surface area contributed by atoms with Gasteiger partial charge >= 0.3 is 0 Å². The minimum atomic E-state index is -0.555. The molecule has 0 aliphatic carbocycles. The average Bonchev–Trinajstić information content (AvgIpc) is 2.13. The molecular formula is C9H11Cl2FN2. The first kappa shape index (κ1) is 11.7. The van der Waals surface area contributed by atoms with E-state index in [1.807, 2.05) is 0 Å². The van der Waals surface area contributed by atoms with Gasteiger partial charge in [0.1, 0.15) is 5.82 Å². The molecular weight excluding hydrogens is 226 g/mol. The molecule has 0 bridgehead atoms. The van der Waals surface area contributed by atoms with Crippen LogP contribution in [-0.4, -0.2) is 6.54 Å². The summed E-state index contributed by atoms with van der Waals surface area (Å²) in [5.74, 6) is -0.555. The van der Waals surface area contributed by atoms with Crippen molar-refractivity contribution in [3.63, 3.8) is 0 Å². The van der Waals surface area contributed by atoms with Crippen LogP contribution in [0.4, 0.5) is 4.39 Å². The predicted molar refractivity (Wildman–Crippen MR) is 57.0 cm³/mol. The van der Waals surface area contributed by atoms with Gasteiger partial charge in [-0.25, -0.2) is 4.39 Å². The van der Waals surface area contributed by atoms with Gasteiger partial charge < -0.3 is 11.5 Å². The third-order valence-electron chi connectivity index (χ3n) is 1.93. The highest BCUT2D eigenvalue weighted by atomic mass is 35.5.